The number of nitrogens with two attached hydrogens (primary N) is 1. The molecule has 0 aliphatic carbocycles. The highest BCUT2D eigenvalue weighted by Crippen LogP contribution is 2.26. The fraction of sp³-hybridized carbons (Fsp3) is 0.412. The molecule has 108 valence electrons. The molecule has 0 radical (unpaired) electrons. The quantitative estimate of drug-likeness (QED) is 0.798. The van der Waals surface area contributed by atoms with Gasteiger partial charge in [-0.1, -0.05) is 37.3 Å². The van der Waals surface area contributed by atoms with Gasteiger partial charge in [0.15, 0.2) is 0 Å². The zero-order valence-electron chi connectivity index (χ0n) is 12.2. The first-order valence-corrected chi connectivity index (χ1v) is 7.36. The van der Waals surface area contributed by atoms with Crippen molar-refractivity contribution in [2.24, 2.45) is 5.73 Å². The van der Waals surface area contributed by atoms with E-state index in [0.717, 1.165) is 38.2 Å². The van der Waals surface area contributed by atoms with Crippen LogP contribution in [-0.4, -0.2) is 18.0 Å². The lowest BCUT2D eigenvalue weighted by molar-refractivity contribution is 0.160. The number of furan rings is 1. The highest BCUT2D eigenvalue weighted by Gasteiger charge is 2.20. The zero-order valence-corrected chi connectivity index (χ0v) is 12.2. The third kappa shape index (κ3) is 3.95. The van der Waals surface area contributed by atoms with Crippen LogP contribution in [0.1, 0.15) is 37.1 Å². The monoisotopic (exact) mass is 272 g/mol. The predicted molar refractivity (Wildman–Crippen MR) is 82.3 cm³/mol. The first kappa shape index (κ1) is 14.8. The Bertz CT molecular complexity index is 467. The molecule has 0 fully saturated rings. The second kappa shape index (κ2) is 7.88. The van der Waals surface area contributed by atoms with Gasteiger partial charge in [0.1, 0.15) is 5.76 Å². The molecule has 3 heteroatoms. The van der Waals surface area contributed by atoms with E-state index in [2.05, 4.69) is 48.2 Å². The van der Waals surface area contributed by atoms with Gasteiger partial charge in [0, 0.05) is 13.1 Å². The van der Waals surface area contributed by atoms with Crippen LogP contribution in [0.4, 0.5) is 0 Å². The van der Waals surface area contributed by atoms with E-state index in [9.17, 15) is 0 Å². The molecular weight excluding hydrogens is 248 g/mol. The summed E-state index contributed by atoms with van der Waals surface area (Å²) in [5.74, 6) is 1.04. The molecule has 2 rings (SSSR count). The van der Waals surface area contributed by atoms with Crippen molar-refractivity contribution >= 4 is 0 Å². The van der Waals surface area contributed by atoms with Crippen molar-refractivity contribution < 1.29 is 4.42 Å². The van der Waals surface area contributed by atoms with Crippen molar-refractivity contribution in [3.63, 3.8) is 0 Å². The van der Waals surface area contributed by atoms with Crippen molar-refractivity contribution in [1.82, 2.24) is 4.90 Å². The van der Waals surface area contributed by atoms with E-state index in [1.807, 2.05) is 6.07 Å². The maximum Gasteiger partial charge on any atom is 0.120 e. The summed E-state index contributed by atoms with van der Waals surface area (Å²) in [5.41, 5.74) is 7.01. The highest BCUT2D eigenvalue weighted by molar-refractivity contribution is 5.15. The molecule has 1 aromatic heterocycles. The Hall–Kier alpha value is -1.58. The number of hydrogen-bond donors (Lipinski definition) is 1. The Morgan fingerprint density at radius 2 is 1.95 bits per heavy atom. The normalized spacial score (nSPS) is 12.8. The number of rotatable bonds is 8. The van der Waals surface area contributed by atoms with E-state index in [-0.39, 0.29) is 0 Å². The van der Waals surface area contributed by atoms with Gasteiger partial charge in [-0.25, -0.2) is 0 Å². The molecular formula is C17H24N2O. The minimum atomic E-state index is 0.316. The summed E-state index contributed by atoms with van der Waals surface area (Å²) in [5, 5.41) is 0. The van der Waals surface area contributed by atoms with Gasteiger partial charge < -0.3 is 10.2 Å². The third-order valence-electron chi connectivity index (χ3n) is 3.58. The molecule has 3 nitrogen and oxygen atoms in total. The second-order valence-corrected chi connectivity index (χ2v) is 5.04. The first-order valence-electron chi connectivity index (χ1n) is 7.36. The lowest BCUT2D eigenvalue weighted by Gasteiger charge is -2.29. The van der Waals surface area contributed by atoms with Gasteiger partial charge >= 0.3 is 0 Å². The summed E-state index contributed by atoms with van der Waals surface area (Å²) in [7, 11) is 0. The standard InChI is InChI=1S/C17H24N2O/c1-2-16(17-10-6-13-20-17)19(12-7-11-18)14-15-8-4-3-5-9-15/h3-6,8-10,13,16H,2,7,11-12,14,18H2,1H3. The maximum atomic E-state index is 5.68. The Morgan fingerprint density at radius 3 is 2.55 bits per heavy atom. The van der Waals surface area contributed by atoms with Gasteiger partial charge in [-0.3, -0.25) is 4.90 Å². The van der Waals surface area contributed by atoms with Crippen LogP contribution in [0, 0.1) is 0 Å². The summed E-state index contributed by atoms with van der Waals surface area (Å²) >= 11 is 0. The van der Waals surface area contributed by atoms with Crippen LogP contribution < -0.4 is 5.73 Å². The molecule has 0 aliphatic heterocycles. The third-order valence-corrected chi connectivity index (χ3v) is 3.58. The van der Waals surface area contributed by atoms with Gasteiger partial charge in [0.25, 0.3) is 0 Å². The molecule has 0 bridgehead atoms. The molecule has 0 saturated carbocycles. The molecule has 2 N–H and O–H groups in total. The average molecular weight is 272 g/mol. The number of benzene rings is 1. The largest absolute Gasteiger partial charge is 0.468 e. The van der Waals surface area contributed by atoms with Crippen molar-refractivity contribution in [2.45, 2.75) is 32.4 Å². The van der Waals surface area contributed by atoms with Gasteiger partial charge in [-0.2, -0.15) is 0 Å². The molecule has 0 aliphatic rings. The first-order chi connectivity index (χ1) is 9.85. The SMILES string of the molecule is CCC(c1ccco1)N(CCCN)Cc1ccccc1. The van der Waals surface area contributed by atoms with Crippen LogP contribution in [-0.2, 0) is 6.54 Å². The average Bonchev–Trinajstić information content (AvgIpc) is 3.00. The van der Waals surface area contributed by atoms with Crippen LogP contribution in [0.25, 0.3) is 0 Å². The summed E-state index contributed by atoms with van der Waals surface area (Å²) in [4.78, 5) is 2.46. The van der Waals surface area contributed by atoms with Crippen LogP contribution in [0.2, 0.25) is 0 Å². The maximum absolute atomic E-state index is 5.68. The van der Waals surface area contributed by atoms with E-state index >= 15 is 0 Å². The Labute approximate surface area is 121 Å². The van der Waals surface area contributed by atoms with Crippen LogP contribution in [0.5, 0.6) is 0 Å². The summed E-state index contributed by atoms with van der Waals surface area (Å²) in [6.07, 6.45) is 3.79. The second-order valence-electron chi connectivity index (χ2n) is 5.04. The summed E-state index contributed by atoms with van der Waals surface area (Å²) < 4.78 is 5.61. The molecule has 20 heavy (non-hydrogen) atoms. The van der Waals surface area contributed by atoms with Crippen LogP contribution in [0.3, 0.4) is 0 Å². The molecule has 2 aromatic rings. The van der Waals surface area contributed by atoms with Crippen LogP contribution in [0.15, 0.2) is 53.1 Å². The number of hydrogen-bond acceptors (Lipinski definition) is 3. The van der Waals surface area contributed by atoms with Crippen molar-refractivity contribution in [2.75, 3.05) is 13.1 Å². The molecule has 0 spiro atoms. The summed E-state index contributed by atoms with van der Waals surface area (Å²) in [6.45, 7) is 4.85. The molecule has 0 saturated heterocycles. The molecule has 1 atom stereocenters. The van der Waals surface area contributed by atoms with Gasteiger partial charge in [0.05, 0.1) is 12.3 Å². The molecule has 1 aromatic carbocycles. The minimum Gasteiger partial charge on any atom is -0.468 e. The predicted octanol–water partition coefficient (Wildman–Crippen LogP) is 3.58. The van der Waals surface area contributed by atoms with Crippen LogP contribution >= 0.6 is 0 Å². The van der Waals surface area contributed by atoms with E-state index in [0.29, 0.717) is 6.04 Å². The van der Waals surface area contributed by atoms with E-state index in [4.69, 9.17) is 10.2 Å². The Morgan fingerprint density at radius 1 is 1.15 bits per heavy atom. The van der Waals surface area contributed by atoms with Gasteiger partial charge in [0.2, 0.25) is 0 Å². The van der Waals surface area contributed by atoms with E-state index < -0.39 is 0 Å². The van der Waals surface area contributed by atoms with E-state index in [1.54, 1.807) is 6.26 Å². The fourth-order valence-electron chi connectivity index (χ4n) is 2.58. The van der Waals surface area contributed by atoms with Crippen molar-refractivity contribution in [3.8, 4) is 0 Å². The van der Waals surface area contributed by atoms with Gasteiger partial charge in [-0.15, -0.1) is 0 Å². The summed E-state index contributed by atoms with van der Waals surface area (Å²) in [6, 6.07) is 14.9. The Balaban J connectivity index is 2.13. The molecule has 0 amide bonds. The smallest absolute Gasteiger partial charge is 0.120 e. The Kier molecular flexibility index (Phi) is 5.84. The highest BCUT2D eigenvalue weighted by atomic mass is 16.3. The molecule has 1 heterocycles. The lowest BCUT2D eigenvalue weighted by atomic mass is 10.1. The minimum absolute atomic E-state index is 0.316. The molecule has 1 unspecified atom stereocenters. The van der Waals surface area contributed by atoms with Gasteiger partial charge in [-0.05, 0) is 37.1 Å². The van der Waals surface area contributed by atoms with Crippen molar-refractivity contribution in [3.05, 3.63) is 60.1 Å². The zero-order chi connectivity index (χ0) is 14.2. The van der Waals surface area contributed by atoms with E-state index in [1.165, 1.54) is 5.56 Å². The number of nitrogens with zero attached hydrogens (tertiary/aromatic N) is 1. The lowest BCUT2D eigenvalue weighted by Crippen LogP contribution is -2.30. The topological polar surface area (TPSA) is 42.4 Å². The van der Waals surface area contributed by atoms with Crippen molar-refractivity contribution in [1.29, 1.82) is 0 Å². The fourth-order valence-corrected chi connectivity index (χ4v) is 2.58.